The fraction of sp³-hybridized carbons (Fsp3) is 0.692. The summed E-state index contributed by atoms with van der Waals surface area (Å²) in [7, 11) is 0. The highest BCUT2D eigenvalue weighted by Gasteiger charge is 2.15. The van der Waals surface area contributed by atoms with Crippen LogP contribution < -0.4 is 5.32 Å². The standard InChI is InChI=1S/C13H23NO/c1-4-8-14-12(10-11(3)5-2)13-7-6-9-15-13/h6-7,9,11-12,14H,4-5,8,10H2,1-3H3. The van der Waals surface area contributed by atoms with Gasteiger partial charge in [0.1, 0.15) is 5.76 Å². The van der Waals surface area contributed by atoms with E-state index in [1.54, 1.807) is 6.26 Å². The topological polar surface area (TPSA) is 25.2 Å². The number of furan rings is 1. The Morgan fingerprint density at radius 2 is 2.20 bits per heavy atom. The Morgan fingerprint density at radius 3 is 2.73 bits per heavy atom. The molecular formula is C13H23NO. The molecule has 2 atom stereocenters. The highest BCUT2D eigenvalue weighted by molar-refractivity contribution is 5.04. The number of rotatable bonds is 7. The Kier molecular flexibility index (Phi) is 5.48. The average Bonchev–Trinajstić information content (AvgIpc) is 2.77. The second-order valence-electron chi connectivity index (χ2n) is 4.27. The summed E-state index contributed by atoms with van der Waals surface area (Å²) in [5.74, 6) is 1.81. The first kappa shape index (κ1) is 12.3. The van der Waals surface area contributed by atoms with E-state index in [4.69, 9.17) is 4.42 Å². The van der Waals surface area contributed by atoms with Crippen LogP contribution in [0.2, 0.25) is 0 Å². The molecule has 0 bridgehead atoms. The molecule has 0 saturated carbocycles. The van der Waals surface area contributed by atoms with Gasteiger partial charge in [-0.05, 0) is 37.4 Å². The van der Waals surface area contributed by atoms with Crippen molar-refractivity contribution in [1.82, 2.24) is 5.32 Å². The molecule has 0 spiro atoms. The van der Waals surface area contributed by atoms with Crippen molar-refractivity contribution < 1.29 is 4.42 Å². The van der Waals surface area contributed by atoms with Gasteiger partial charge in [-0.15, -0.1) is 0 Å². The van der Waals surface area contributed by atoms with Gasteiger partial charge in [0, 0.05) is 0 Å². The van der Waals surface area contributed by atoms with Crippen LogP contribution in [0.1, 0.15) is 51.8 Å². The first-order valence-corrected chi connectivity index (χ1v) is 6.04. The van der Waals surface area contributed by atoms with E-state index in [1.807, 2.05) is 6.07 Å². The van der Waals surface area contributed by atoms with E-state index in [0.29, 0.717) is 6.04 Å². The summed E-state index contributed by atoms with van der Waals surface area (Å²) in [6.07, 6.45) is 5.30. The van der Waals surface area contributed by atoms with Crippen LogP contribution in [0.4, 0.5) is 0 Å². The second-order valence-corrected chi connectivity index (χ2v) is 4.27. The first-order valence-electron chi connectivity index (χ1n) is 6.04. The molecule has 0 radical (unpaired) electrons. The second kappa shape index (κ2) is 6.67. The molecule has 15 heavy (non-hydrogen) atoms. The fourth-order valence-corrected chi connectivity index (χ4v) is 1.68. The first-order chi connectivity index (χ1) is 7.27. The highest BCUT2D eigenvalue weighted by Crippen LogP contribution is 2.23. The molecule has 0 aromatic carbocycles. The molecule has 2 unspecified atom stereocenters. The molecule has 1 aromatic heterocycles. The molecule has 86 valence electrons. The maximum Gasteiger partial charge on any atom is 0.120 e. The number of nitrogens with one attached hydrogen (secondary N) is 1. The summed E-state index contributed by atoms with van der Waals surface area (Å²) < 4.78 is 5.48. The molecule has 1 heterocycles. The third kappa shape index (κ3) is 4.08. The summed E-state index contributed by atoms with van der Waals surface area (Å²) in [6.45, 7) is 7.78. The van der Waals surface area contributed by atoms with E-state index < -0.39 is 0 Å². The van der Waals surface area contributed by atoms with E-state index in [0.717, 1.165) is 31.1 Å². The van der Waals surface area contributed by atoms with Gasteiger partial charge in [-0.1, -0.05) is 27.2 Å². The van der Waals surface area contributed by atoms with Crippen molar-refractivity contribution in [3.05, 3.63) is 24.2 Å². The molecule has 1 rings (SSSR count). The van der Waals surface area contributed by atoms with Crippen LogP contribution in [0.3, 0.4) is 0 Å². The van der Waals surface area contributed by atoms with Crippen LogP contribution in [0.25, 0.3) is 0 Å². The van der Waals surface area contributed by atoms with Gasteiger partial charge in [-0.25, -0.2) is 0 Å². The van der Waals surface area contributed by atoms with E-state index in [2.05, 4.69) is 32.2 Å². The lowest BCUT2D eigenvalue weighted by Crippen LogP contribution is -2.23. The molecule has 0 saturated heterocycles. The monoisotopic (exact) mass is 209 g/mol. The van der Waals surface area contributed by atoms with E-state index in [1.165, 1.54) is 6.42 Å². The lowest BCUT2D eigenvalue weighted by atomic mass is 9.98. The average molecular weight is 209 g/mol. The van der Waals surface area contributed by atoms with E-state index in [-0.39, 0.29) is 0 Å². The predicted octanol–water partition coefficient (Wildman–Crippen LogP) is 3.76. The smallest absolute Gasteiger partial charge is 0.120 e. The molecule has 0 amide bonds. The fourth-order valence-electron chi connectivity index (χ4n) is 1.68. The molecule has 0 aliphatic heterocycles. The lowest BCUT2D eigenvalue weighted by molar-refractivity contribution is 0.347. The Balaban J connectivity index is 2.53. The zero-order valence-corrected chi connectivity index (χ0v) is 10.1. The predicted molar refractivity (Wildman–Crippen MR) is 63.8 cm³/mol. The number of hydrogen-bond acceptors (Lipinski definition) is 2. The van der Waals surface area contributed by atoms with Gasteiger partial charge in [0.05, 0.1) is 12.3 Å². The zero-order chi connectivity index (χ0) is 11.1. The molecular weight excluding hydrogens is 186 g/mol. The normalized spacial score (nSPS) is 15.1. The van der Waals surface area contributed by atoms with Crippen molar-refractivity contribution in [2.45, 2.75) is 46.1 Å². The summed E-state index contributed by atoms with van der Waals surface area (Å²) in [5, 5.41) is 3.54. The molecule has 2 nitrogen and oxygen atoms in total. The van der Waals surface area contributed by atoms with Crippen LogP contribution in [0.5, 0.6) is 0 Å². The number of hydrogen-bond donors (Lipinski definition) is 1. The summed E-state index contributed by atoms with van der Waals surface area (Å²) >= 11 is 0. The van der Waals surface area contributed by atoms with Crippen LogP contribution >= 0.6 is 0 Å². The highest BCUT2D eigenvalue weighted by atomic mass is 16.3. The van der Waals surface area contributed by atoms with Gasteiger partial charge in [0.15, 0.2) is 0 Å². The van der Waals surface area contributed by atoms with Crippen LogP contribution in [0.15, 0.2) is 22.8 Å². The SMILES string of the molecule is CCCNC(CC(C)CC)c1ccco1. The van der Waals surface area contributed by atoms with Crippen molar-refractivity contribution >= 4 is 0 Å². The minimum atomic E-state index is 0.384. The van der Waals surface area contributed by atoms with Gasteiger partial charge in [0.25, 0.3) is 0 Å². The zero-order valence-electron chi connectivity index (χ0n) is 10.1. The Bertz CT molecular complexity index is 243. The summed E-state index contributed by atoms with van der Waals surface area (Å²) in [4.78, 5) is 0. The summed E-state index contributed by atoms with van der Waals surface area (Å²) in [5.41, 5.74) is 0. The molecule has 0 aliphatic carbocycles. The van der Waals surface area contributed by atoms with Crippen molar-refractivity contribution in [2.24, 2.45) is 5.92 Å². The Labute approximate surface area is 93.1 Å². The molecule has 1 aromatic rings. The van der Waals surface area contributed by atoms with Gasteiger partial charge >= 0.3 is 0 Å². The summed E-state index contributed by atoms with van der Waals surface area (Å²) in [6, 6.07) is 4.41. The third-order valence-electron chi connectivity index (χ3n) is 2.86. The van der Waals surface area contributed by atoms with Crippen LogP contribution in [0, 0.1) is 5.92 Å². The molecule has 0 fully saturated rings. The van der Waals surface area contributed by atoms with Gasteiger partial charge in [0.2, 0.25) is 0 Å². The largest absolute Gasteiger partial charge is 0.468 e. The Hall–Kier alpha value is -0.760. The Morgan fingerprint density at radius 1 is 1.40 bits per heavy atom. The van der Waals surface area contributed by atoms with Crippen molar-refractivity contribution in [2.75, 3.05) is 6.54 Å². The van der Waals surface area contributed by atoms with Crippen molar-refractivity contribution in [3.8, 4) is 0 Å². The maximum absolute atomic E-state index is 5.48. The van der Waals surface area contributed by atoms with E-state index >= 15 is 0 Å². The lowest BCUT2D eigenvalue weighted by Gasteiger charge is -2.19. The van der Waals surface area contributed by atoms with Crippen LogP contribution in [-0.4, -0.2) is 6.54 Å². The van der Waals surface area contributed by atoms with Gasteiger partial charge < -0.3 is 9.73 Å². The van der Waals surface area contributed by atoms with Crippen LogP contribution in [-0.2, 0) is 0 Å². The third-order valence-corrected chi connectivity index (χ3v) is 2.86. The minimum Gasteiger partial charge on any atom is -0.468 e. The molecule has 1 N–H and O–H groups in total. The van der Waals surface area contributed by atoms with Crippen molar-refractivity contribution in [1.29, 1.82) is 0 Å². The maximum atomic E-state index is 5.48. The van der Waals surface area contributed by atoms with Crippen molar-refractivity contribution in [3.63, 3.8) is 0 Å². The minimum absolute atomic E-state index is 0.384. The molecule has 2 heteroatoms. The van der Waals surface area contributed by atoms with Gasteiger partial charge in [-0.3, -0.25) is 0 Å². The van der Waals surface area contributed by atoms with E-state index in [9.17, 15) is 0 Å². The quantitative estimate of drug-likeness (QED) is 0.739. The van der Waals surface area contributed by atoms with Gasteiger partial charge in [-0.2, -0.15) is 0 Å². The molecule has 0 aliphatic rings.